The van der Waals surface area contributed by atoms with Gasteiger partial charge in [-0.1, -0.05) is 0 Å². The summed E-state index contributed by atoms with van der Waals surface area (Å²) in [6.07, 6.45) is -2.21. The number of carbonyl (C=O) groups excluding carboxylic acids is 1. The van der Waals surface area contributed by atoms with Crippen LogP contribution in [0.1, 0.15) is 16.1 Å². The summed E-state index contributed by atoms with van der Waals surface area (Å²) < 4.78 is 67.9. The Morgan fingerprint density at radius 2 is 1.65 bits per heavy atom. The summed E-state index contributed by atoms with van der Waals surface area (Å²) in [5, 5.41) is 0. The van der Waals surface area contributed by atoms with Crippen LogP contribution in [0, 0.1) is 0 Å². The van der Waals surface area contributed by atoms with Gasteiger partial charge in [0.25, 0.3) is 5.91 Å². The van der Waals surface area contributed by atoms with Gasteiger partial charge in [-0.15, -0.1) is 0 Å². The molecule has 0 N–H and O–H groups in total. The molecule has 2 aliphatic heterocycles. The minimum Gasteiger partial charge on any atom is -0.378 e. The van der Waals surface area contributed by atoms with E-state index in [0.717, 1.165) is 12.3 Å². The summed E-state index contributed by atoms with van der Waals surface area (Å²) in [5.41, 5.74) is 0.573. The quantitative estimate of drug-likeness (QED) is 0.640. The maximum Gasteiger partial charge on any atom is 0.433 e. The van der Waals surface area contributed by atoms with Crippen molar-refractivity contribution in [2.45, 2.75) is 11.1 Å². The van der Waals surface area contributed by atoms with E-state index < -0.39 is 21.7 Å². The fourth-order valence-corrected chi connectivity index (χ4v) is 4.72. The summed E-state index contributed by atoms with van der Waals surface area (Å²) in [7, 11) is -3.51. The molecule has 0 aliphatic carbocycles. The van der Waals surface area contributed by atoms with Gasteiger partial charge in [0.15, 0.2) is 9.84 Å². The second-order valence-electron chi connectivity index (χ2n) is 8.23. The van der Waals surface area contributed by atoms with Crippen molar-refractivity contribution in [1.29, 1.82) is 0 Å². The number of hydrogen-bond acceptors (Lipinski definition) is 7. The van der Waals surface area contributed by atoms with Gasteiger partial charge in [-0.2, -0.15) is 13.2 Å². The Balaban J connectivity index is 1.52. The van der Waals surface area contributed by atoms with Crippen molar-refractivity contribution in [1.82, 2.24) is 9.88 Å². The van der Waals surface area contributed by atoms with Crippen molar-refractivity contribution < 1.29 is 31.1 Å². The van der Waals surface area contributed by atoms with Crippen LogP contribution in [-0.2, 0) is 20.8 Å². The number of halogens is 3. The zero-order chi connectivity index (χ0) is 24.5. The zero-order valence-electron chi connectivity index (χ0n) is 18.6. The van der Waals surface area contributed by atoms with Crippen molar-refractivity contribution in [3.63, 3.8) is 0 Å². The molecule has 0 radical (unpaired) electrons. The number of anilines is 2. The van der Waals surface area contributed by atoms with Gasteiger partial charge >= 0.3 is 6.18 Å². The molecule has 1 aromatic heterocycles. The molecule has 1 aromatic carbocycles. The summed E-state index contributed by atoms with van der Waals surface area (Å²) in [6, 6.07) is 6.91. The molecule has 0 unspecified atom stereocenters. The molecule has 2 saturated heterocycles. The van der Waals surface area contributed by atoms with Gasteiger partial charge in [-0.25, -0.2) is 13.4 Å². The molecule has 3 heterocycles. The molecule has 184 valence electrons. The Kier molecular flexibility index (Phi) is 6.72. The third kappa shape index (κ3) is 5.27. The van der Waals surface area contributed by atoms with E-state index in [-0.39, 0.29) is 10.8 Å². The fraction of sp³-hybridized carbons (Fsp3) is 0.455. The first-order valence-corrected chi connectivity index (χ1v) is 12.7. The summed E-state index contributed by atoms with van der Waals surface area (Å²) in [6.45, 7) is 3.72. The average Bonchev–Trinajstić information content (AvgIpc) is 2.83. The van der Waals surface area contributed by atoms with Crippen LogP contribution >= 0.6 is 0 Å². The number of rotatable bonds is 4. The van der Waals surface area contributed by atoms with E-state index in [0.29, 0.717) is 69.4 Å². The van der Waals surface area contributed by atoms with Gasteiger partial charge in [0.1, 0.15) is 5.69 Å². The molecule has 0 spiro atoms. The lowest BCUT2D eigenvalue weighted by atomic mass is 10.1. The van der Waals surface area contributed by atoms with E-state index in [1.807, 2.05) is 9.80 Å². The minimum atomic E-state index is -4.50. The fourth-order valence-electron chi connectivity index (χ4n) is 4.08. The molecule has 12 heteroatoms. The molecule has 1 amide bonds. The number of ether oxygens (including phenoxy) is 1. The highest BCUT2D eigenvalue weighted by Crippen LogP contribution is 2.30. The lowest BCUT2D eigenvalue weighted by Gasteiger charge is -2.37. The molecule has 8 nitrogen and oxygen atoms in total. The van der Waals surface area contributed by atoms with Crippen LogP contribution in [0.25, 0.3) is 0 Å². The van der Waals surface area contributed by atoms with E-state index in [1.54, 1.807) is 11.0 Å². The van der Waals surface area contributed by atoms with Crippen molar-refractivity contribution in [3.8, 4) is 0 Å². The first kappa shape index (κ1) is 24.3. The van der Waals surface area contributed by atoms with Crippen LogP contribution in [-0.4, -0.2) is 82.9 Å². The monoisotopic (exact) mass is 498 g/mol. The number of alkyl halides is 3. The normalized spacial score (nSPS) is 17.7. The number of piperazine rings is 1. The van der Waals surface area contributed by atoms with Crippen LogP contribution in [0.5, 0.6) is 0 Å². The molecular formula is C22H25F3N4O4S. The maximum atomic E-state index is 13.5. The Morgan fingerprint density at radius 1 is 0.971 bits per heavy atom. The maximum absolute atomic E-state index is 13.5. The lowest BCUT2D eigenvalue weighted by molar-refractivity contribution is -0.141. The SMILES string of the molecule is CS(=O)(=O)c1ccc(N2CCOCC2)c(C(=O)N2CCN(c3ccc(C(F)(F)F)nc3)CC2)c1. The third-order valence-electron chi connectivity index (χ3n) is 5.95. The van der Waals surface area contributed by atoms with Crippen molar-refractivity contribution >= 4 is 27.1 Å². The van der Waals surface area contributed by atoms with Gasteiger partial charge in [0.2, 0.25) is 0 Å². The van der Waals surface area contributed by atoms with Crippen LogP contribution < -0.4 is 9.80 Å². The first-order valence-electron chi connectivity index (χ1n) is 10.8. The Morgan fingerprint density at radius 3 is 2.21 bits per heavy atom. The van der Waals surface area contributed by atoms with Gasteiger partial charge < -0.3 is 19.4 Å². The number of pyridine rings is 1. The van der Waals surface area contributed by atoms with Crippen molar-refractivity contribution in [2.24, 2.45) is 0 Å². The smallest absolute Gasteiger partial charge is 0.378 e. The van der Waals surface area contributed by atoms with Gasteiger partial charge in [-0.05, 0) is 30.3 Å². The molecule has 0 saturated carbocycles. The van der Waals surface area contributed by atoms with Crippen LogP contribution in [0.3, 0.4) is 0 Å². The van der Waals surface area contributed by atoms with Gasteiger partial charge in [0.05, 0.1) is 35.6 Å². The Labute approximate surface area is 195 Å². The van der Waals surface area contributed by atoms with E-state index in [2.05, 4.69) is 4.98 Å². The Hall–Kier alpha value is -2.86. The van der Waals surface area contributed by atoms with Crippen molar-refractivity contribution in [3.05, 3.63) is 47.8 Å². The molecule has 4 rings (SSSR count). The predicted octanol–water partition coefficient (Wildman–Crippen LogP) is 2.30. The number of aromatic nitrogens is 1. The number of amides is 1. The number of morpholine rings is 1. The van der Waals surface area contributed by atoms with E-state index in [9.17, 15) is 26.4 Å². The molecule has 2 aromatic rings. The second kappa shape index (κ2) is 9.41. The summed E-state index contributed by atoms with van der Waals surface area (Å²) >= 11 is 0. The standard InChI is InChI=1S/C22H25F3N4O4S/c1-34(31,32)17-3-4-19(28-10-12-33-13-11-28)18(14-17)21(30)29-8-6-27(7-9-29)16-2-5-20(26-15-16)22(23,24)25/h2-5,14-15H,6-13H2,1H3. The van der Waals surface area contributed by atoms with Crippen LogP contribution in [0.2, 0.25) is 0 Å². The molecule has 0 bridgehead atoms. The zero-order valence-corrected chi connectivity index (χ0v) is 19.4. The number of nitrogens with zero attached hydrogens (tertiary/aromatic N) is 4. The Bertz CT molecular complexity index is 1140. The highest BCUT2D eigenvalue weighted by atomic mass is 32.2. The largest absolute Gasteiger partial charge is 0.433 e. The molecule has 0 atom stereocenters. The number of carbonyl (C=O) groups is 1. The van der Waals surface area contributed by atoms with Crippen LogP contribution in [0.4, 0.5) is 24.5 Å². The van der Waals surface area contributed by atoms with Crippen LogP contribution in [0.15, 0.2) is 41.4 Å². The molecule has 34 heavy (non-hydrogen) atoms. The van der Waals surface area contributed by atoms with Crippen molar-refractivity contribution in [2.75, 3.05) is 68.5 Å². The number of hydrogen-bond donors (Lipinski definition) is 0. The highest BCUT2D eigenvalue weighted by molar-refractivity contribution is 7.90. The second-order valence-corrected chi connectivity index (χ2v) is 10.2. The first-order chi connectivity index (χ1) is 16.0. The van der Waals surface area contributed by atoms with Gasteiger partial charge in [0, 0.05) is 51.2 Å². The number of benzene rings is 1. The third-order valence-corrected chi connectivity index (χ3v) is 7.06. The summed E-state index contributed by atoms with van der Waals surface area (Å²) in [5.74, 6) is -0.280. The topological polar surface area (TPSA) is 83.0 Å². The number of sulfone groups is 1. The molecule has 2 aliphatic rings. The van der Waals surface area contributed by atoms with Gasteiger partial charge in [-0.3, -0.25) is 4.79 Å². The average molecular weight is 499 g/mol. The van der Waals surface area contributed by atoms with E-state index >= 15 is 0 Å². The molecular weight excluding hydrogens is 473 g/mol. The summed E-state index contributed by atoms with van der Waals surface area (Å²) in [4.78, 5) is 22.5. The van der Waals surface area contributed by atoms with E-state index in [1.165, 1.54) is 24.4 Å². The highest BCUT2D eigenvalue weighted by Gasteiger charge is 2.33. The lowest BCUT2D eigenvalue weighted by Crippen LogP contribution is -2.49. The predicted molar refractivity (Wildman–Crippen MR) is 120 cm³/mol. The minimum absolute atomic E-state index is 0.0716. The molecule has 2 fully saturated rings. The van der Waals surface area contributed by atoms with E-state index in [4.69, 9.17) is 4.74 Å².